The Bertz CT molecular complexity index is 491. The molecule has 3 nitrogen and oxygen atoms in total. The summed E-state index contributed by atoms with van der Waals surface area (Å²) in [6, 6.07) is 5.72. The molecule has 0 saturated carbocycles. The molecule has 2 aromatic rings. The molecule has 0 saturated heterocycles. The first-order valence-electron chi connectivity index (χ1n) is 5.26. The highest BCUT2D eigenvalue weighted by Gasteiger charge is 2.09. The summed E-state index contributed by atoms with van der Waals surface area (Å²) < 4.78 is 2.07. The standard InChI is InChI=1S/C12H14ClN3/c1-2-16-6-5-15-12(16)11-7-10(13)4-3-9(11)8-14/h3-7H,2,8,14H2,1H3. The van der Waals surface area contributed by atoms with Crippen LogP contribution in [0.1, 0.15) is 12.5 Å². The van der Waals surface area contributed by atoms with Crippen molar-refractivity contribution in [2.75, 3.05) is 0 Å². The van der Waals surface area contributed by atoms with Crippen LogP contribution in [0.3, 0.4) is 0 Å². The van der Waals surface area contributed by atoms with Crippen molar-refractivity contribution in [3.05, 3.63) is 41.2 Å². The molecule has 4 heteroatoms. The highest BCUT2D eigenvalue weighted by Crippen LogP contribution is 2.25. The summed E-state index contributed by atoms with van der Waals surface area (Å²) >= 11 is 6.01. The second kappa shape index (κ2) is 4.68. The molecule has 84 valence electrons. The maximum atomic E-state index is 6.01. The van der Waals surface area contributed by atoms with E-state index in [-0.39, 0.29) is 0 Å². The zero-order chi connectivity index (χ0) is 11.5. The molecule has 2 N–H and O–H groups in total. The van der Waals surface area contributed by atoms with Crippen LogP contribution in [-0.4, -0.2) is 9.55 Å². The molecule has 16 heavy (non-hydrogen) atoms. The molecule has 0 unspecified atom stereocenters. The van der Waals surface area contributed by atoms with E-state index < -0.39 is 0 Å². The Morgan fingerprint density at radius 3 is 2.94 bits per heavy atom. The van der Waals surface area contributed by atoms with Gasteiger partial charge in [0.25, 0.3) is 0 Å². The van der Waals surface area contributed by atoms with E-state index in [0.717, 1.165) is 23.5 Å². The third-order valence-electron chi connectivity index (χ3n) is 2.59. The van der Waals surface area contributed by atoms with Gasteiger partial charge in [0.2, 0.25) is 0 Å². The number of nitrogens with zero attached hydrogens (tertiary/aromatic N) is 2. The van der Waals surface area contributed by atoms with Gasteiger partial charge in [0.1, 0.15) is 5.82 Å². The third-order valence-corrected chi connectivity index (χ3v) is 2.82. The van der Waals surface area contributed by atoms with Gasteiger partial charge in [-0.2, -0.15) is 0 Å². The fourth-order valence-corrected chi connectivity index (χ4v) is 1.92. The lowest BCUT2D eigenvalue weighted by Gasteiger charge is -2.09. The lowest BCUT2D eigenvalue weighted by Crippen LogP contribution is -2.03. The average Bonchev–Trinajstić information content (AvgIpc) is 2.76. The number of benzene rings is 1. The van der Waals surface area contributed by atoms with Gasteiger partial charge >= 0.3 is 0 Å². The number of nitrogens with two attached hydrogens (primary N) is 1. The minimum atomic E-state index is 0.489. The average molecular weight is 236 g/mol. The smallest absolute Gasteiger partial charge is 0.140 e. The molecule has 0 aliphatic rings. The Labute approximate surface area is 99.9 Å². The SMILES string of the molecule is CCn1ccnc1-c1cc(Cl)ccc1CN. The molecule has 0 radical (unpaired) electrons. The number of hydrogen-bond donors (Lipinski definition) is 1. The summed E-state index contributed by atoms with van der Waals surface area (Å²) in [7, 11) is 0. The van der Waals surface area contributed by atoms with E-state index in [4.69, 9.17) is 17.3 Å². The first-order chi connectivity index (χ1) is 7.76. The molecule has 2 rings (SSSR count). The van der Waals surface area contributed by atoms with Gasteiger partial charge in [0.15, 0.2) is 0 Å². The van der Waals surface area contributed by atoms with Gasteiger partial charge in [0, 0.05) is 36.1 Å². The fourth-order valence-electron chi connectivity index (χ4n) is 1.74. The topological polar surface area (TPSA) is 43.8 Å². The van der Waals surface area contributed by atoms with Crippen LogP contribution in [0.4, 0.5) is 0 Å². The van der Waals surface area contributed by atoms with E-state index in [9.17, 15) is 0 Å². The van der Waals surface area contributed by atoms with Crippen molar-refractivity contribution in [3.63, 3.8) is 0 Å². The van der Waals surface area contributed by atoms with Crippen LogP contribution in [0, 0.1) is 0 Å². The second-order valence-corrected chi connectivity index (χ2v) is 3.98. The number of aromatic nitrogens is 2. The highest BCUT2D eigenvalue weighted by atomic mass is 35.5. The van der Waals surface area contributed by atoms with Crippen LogP contribution in [0.25, 0.3) is 11.4 Å². The summed E-state index contributed by atoms with van der Waals surface area (Å²) in [4.78, 5) is 4.36. The summed E-state index contributed by atoms with van der Waals surface area (Å²) in [6.45, 7) is 3.45. The van der Waals surface area contributed by atoms with E-state index >= 15 is 0 Å². The molecule has 0 amide bonds. The number of aryl methyl sites for hydroxylation is 1. The predicted molar refractivity (Wildman–Crippen MR) is 66.2 cm³/mol. The van der Waals surface area contributed by atoms with Crippen molar-refractivity contribution in [1.82, 2.24) is 9.55 Å². The van der Waals surface area contributed by atoms with Crippen molar-refractivity contribution in [1.29, 1.82) is 0 Å². The van der Waals surface area contributed by atoms with E-state index in [2.05, 4.69) is 16.5 Å². The van der Waals surface area contributed by atoms with Crippen LogP contribution in [0.15, 0.2) is 30.6 Å². The number of rotatable bonds is 3. The van der Waals surface area contributed by atoms with Gasteiger partial charge in [-0.3, -0.25) is 0 Å². The Kier molecular flexibility index (Phi) is 3.27. The van der Waals surface area contributed by atoms with Crippen LogP contribution < -0.4 is 5.73 Å². The molecule has 1 aromatic carbocycles. The minimum absolute atomic E-state index is 0.489. The van der Waals surface area contributed by atoms with Crippen molar-refractivity contribution < 1.29 is 0 Å². The van der Waals surface area contributed by atoms with E-state index in [1.807, 2.05) is 24.4 Å². The Hall–Kier alpha value is -1.32. The molecule has 0 bridgehead atoms. The second-order valence-electron chi connectivity index (χ2n) is 3.54. The largest absolute Gasteiger partial charge is 0.331 e. The van der Waals surface area contributed by atoms with Gasteiger partial charge in [-0.25, -0.2) is 4.98 Å². The molecule has 0 aliphatic heterocycles. The first-order valence-corrected chi connectivity index (χ1v) is 5.64. The highest BCUT2D eigenvalue weighted by molar-refractivity contribution is 6.30. The number of imidazole rings is 1. The lowest BCUT2D eigenvalue weighted by atomic mass is 10.1. The van der Waals surface area contributed by atoms with Gasteiger partial charge < -0.3 is 10.3 Å². The lowest BCUT2D eigenvalue weighted by molar-refractivity contribution is 0.769. The molecule has 0 spiro atoms. The molecular weight excluding hydrogens is 222 g/mol. The van der Waals surface area contributed by atoms with Gasteiger partial charge in [-0.05, 0) is 24.6 Å². The fraction of sp³-hybridized carbons (Fsp3) is 0.250. The normalized spacial score (nSPS) is 10.7. The van der Waals surface area contributed by atoms with Gasteiger partial charge in [-0.1, -0.05) is 17.7 Å². The Balaban J connectivity index is 2.58. The quantitative estimate of drug-likeness (QED) is 0.889. The summed E-state index contributed by atoms with van der Waals surface area (Å²) in [5.74, 6) is 0.922. The molecule has 1 aromatic heterocycles. The predicted octanol–water partition coefficient (Wildman–Crippen LogP) is 2.68. The molecular formula is C12H14ClN3. The van der Waals surface area contributed by atoms with Crippen LogP contribution >= 0.6 is 11.6 Å². The summed E-state index contributed by atoms with van der Waals surface area (Å²) in [5, 5.41) is 0.706. The zero-order valence-electron chi connectivity index (χ0n) is 9.15. The third kappa shape index (κ3) is 1.96. The van der Waals surface area contributed by atoms with E-state index in [0.29, 0.717) is 11.6 Å². The van der Waals surface area contributed by atoms with E-state index in [1.165, 1.54) is 0 Å². The number of halogens is 1. The Morgan fingerprint density at radius 1 is 1.44 bits per heavy atom. The maximum absolute atomic E-state index is 6.01. The molecule has 0 fully saturated rings. The maximum Gasteiger partial charge on any atom is 0.140 e. The summed E-state index contributed by atoms with van der Waals surface area (Å²) in [5.41, 5.74) is 7.79. The summed E-state index contributed by atoms with van der Waals surface area (Å²) in [6.07, 6.45) is 3.75. The monoisotopic (exact) mass is 235 g/mol. The van der Waals surface area contributed by atoms with E-state index in [1.54, 1.807) is 6.20 Å². The zero-order valence-corrected chi connectivity index (χ0v) is 9.91. The van der Waals surface area contributed by atoms with Crippen molar-refractivity contribution in [3.8, 4) is 11.4 Å². The van der Waals surface area contributed by atoms with Crippen molar-refractivity contribution in [2.24, 2.45) is 5.73 Å². The van der Waals surface area contributed by atoms with Crippen LogP contribution in [0.2, 0.25) is 5.02 Å². The first kappa shape index (κ1) is 11.2. The molecule has 1 heterocycles. The number of hydrogen-bond acceptors (Lipinski definition) is 2. The van der Waals surface area contributed by atoms with Crippen molar-refractivity contribution >= 4 is 11.6 Å². The molecule has 0 atom stereocenters. The molecule has 0 aliphatic carbocycles. The van der Waals surface area contributed by atoms with Crippen LogP contribution in [0.5, 0.6) is 0 Å². The minimum Gasteiger partial charge on any atom is -0.331 e. The van der Waals surface area contributed by atoms with Gasteiger partial charge in [-0.15, -0.1) is 0 Å². The Morgan fingerprint density at radius 2 is 2.25 bits per heavy atom. The van der Waals surface area contributed by atoms with Crippen molar-refractivity contribution in [2.45, 2.75) is 20.0 Å². The van der Waals surface area contributed by atoms with Gasteiger partial charge in [0.05, 0.1) is 0 Å². The van der Waals surface area contributed by atoms with Crippen LogP contribution in [-0.2, 0) is 13.1 Å².